The maximum absolute atomic E-state index is 5.81. The average Bonchev–Trinajstić information content (AvgIpc) is 3.29. The van der Waals surface area contributed by atoms with Crippen molar-refractivity contribution in [3.63, 3.8) is 0 Å². The third-order valence-electron chi connectivity index (χ3n) is 7.02. The number of aliphatic imine (C=N–C) groups is 1. The van der Waals surface area contributed by atoms with Crippen LogP contribution in [0, 0.1) is 13.8 Å². The lowest BCUT2D eigenvalue weighted by molar-refractivity contribution is 0.0732. The summed E-state index contributed by atoms with van der Waals surface area (Å²) in [5.41, 5.74) is 5.16. The molecule has 6 rings (SSSR count). The minimum Gasteiger partial charge on any atom is -0.379 e. The van der Waals surface area contributed by atoms with Crippen LogP contribution in [-0.2, 0) is 4.74 Å². The van der Waals surface area contributed by atoms with Crippen molar-refractivity contribution in [2.45, 2.75) is 13.8 Å². The normalized spacial score (nSPS) is 19.9. The highest BCUT2D eigenvalue weighted by molar-refractivity contribution is 7.70. The molecule has 0 saturated carbocycles. The van der Waals surface area contributed by atoms with Gasteiger partial charge in [0.15, 0.2) is 13.2 Å². The molecule has 0 spiro atoms. The van der Waals surface area contributed by atoms with Crippen LogP contribution in [0.1, 0.15) is 16.8 Å². The SMILES string of the molecule is Cc1ccccc1N=[P@]1(N2CCOCC2)c2c(C)nn(-c3ccccc3)c2N=C(c2ccccc2)N1C. The molecule has 1 saturated heterocycles. The molecule has 4 aromatic rings. The summed E-state index contributed by atoms with van der Waals surface area (Å²) in [4.78, 5) is 5.30. The highest BCUT2D eigenvalue weighted by atomic mass is 31.2. The number of nitrogens with zero attached hydrogens (tertiary/aromatic N) is 6. The van der Waals surface area contributed by atoms with E-state index in [1.165, 1.54) is 0 Å². The number of hydrogen-bond donors (Lipinski definition) is 0. The zero-order chi connectivity index (χ0) is 25.4. The molecule has 1 atom stereocenters. The predicted molar refractivity (Wildman–Crippen MR) is 151 cm³/mol. The van der Waals surface area contributed by atoms with Gasteiger partial charge in [-0.15, -0.1) is 0 Å². The van der Waals surface area contributed by atoms with Gasteiger partial charge in [-0.2, -0.15) is 5.10 Å². The van der Waals surface area contributed by atoms with Crippen LogP contribution >= 0.6 is 7.36 Å². The van der Waals surface area contributed by atoms with Gasteiger partial charge >= 0.3 is 0 Å². The van der Waals surface area contributed by atoms with Gasteiger partial charge in [0.05, 0.1) is 35.6 Å². The van der Waals surface area contributed by atoms with Crippen LogP contribution in [0.5, 0.6) is 0 Å². The van der Waals surface area contributed by atoms with Crippen LogP contribution in [0.3, 0.4) is 0 Å². The summed E-state index contributed by atoms with van der Waals surface area (Å²) in [6, 6.07) is 29.1. The van der Waals surface area contributed by atoms with Crippen molar-refractivity contribution >= 4 is 30.0 Å². The van der Waals surface area contributed by atoms with E-state index in [0.717, 1.165) is 58.2 Å². The van der Waals surface area contributed by atoms with Crippen molar-refractivity contribution in [1.29, 1.82) is 0 Å². The van der Waals surface area contributed by atoms with Crippen LogP contribution in [-0.4, -0.2) is 58.3 Å². The standard InChI is InChI=1S/C29H31N6OP/c1-22-12-10-11-17-26(22)32-37(34-18-20-36-21-19-34)27-23(2)31-35(25-15-8-5-9-16-25)29(27)30-28(33(37)3)24-13-6-4-7-14-24/h4-17H,18-21H2,1-3H3/t37-/m1/s1. The monoisotopic (exact) mass is 510 g/mol. The molecule has 0 N–H and O–H groups in total. The van der Waals surface area contributed by atoms with Gasteiger partial charge in [-0.1, -0.05) is 66.7 Å². The van der Waals surface area contributed by atoms with E-state index in [1.807, 2.05) is 28.9 Å². The second kappa shape index (κ2) is 9.75. The summed E-state index contributed by atoms with van der Waals surface area (Å²) < 4.78 is 18.4. The Morgan fingerprint density at radius 3 is 2.19 bits per heavy atom. The molecule has 0 radical (unpaired) electrons. The maximum Gasteiger partial charge on any atom is 0.170 e. The first-order valence-corrected chi connectivity index (χ1v) is 14.3. The zero-order valence-corrected chi connectivity index (χ0v) is 22.3. The Morgan fingerprint density at radius 1 is 0.838 bits per heavy atom. The highest BCUT2D eigenvalue weighted by Gasteiger charge is 2.45. The van der Waals surface area contributed by atoms with Gasteiger partial charge in [-0.05, 0) is 37.6 Å². The van der Waals surface area contributed by atoms with Crippen molar-refractivity contribution in [3.05, 3.63) is 102 Å². The van der Waals surface area contributed by atoms with E-state index in [2.05, 4.69) is 90.9 Å². The molecular weight excluding hydrogens is 479 g/mol. The number of ether oxygens (including phenoxy) is 1. The number of amidine groups is 1. The van der Waals surface area contributed by atoms with Crippen LogP contribution in [0.25, 0.3) is 5.69 Å². The molecule has 7 nitrogen and oxygen atoms in total. The van der Waals surface area contributed by atoms with Gasteiger partial charge in [0, 0.05) is 25.7 Å². The number of rotatable bonds is 4. The molecule has 8 heteroatoms. The Balaban J connectivity index is 1.72. The van der Waals surface area contributed by atoms with Gasteiger partial charge in [0.25, 0.3) is 0 Å². The Kier molecular flexibility index (Phi) is 6.29. The molecule has 37 heavy (non-hydrogen) atoms. The van der Waals surface area contributed by atoms with Crippen molar-refractivity contribution in [2.75, 3.05) is 33.4 Å². The molecule has 188 valence electrons. The van der Waals surface area contributed by atoms with E-state index in [4.69, 9.17) is 19.6 Å². The summed E-state index contributed by atoms with van der Waals surface area (Å²) in [5.74, 6) is 1.76. The predicted octanol–water partition coefficient (Wildman–Crippen LogP) is 5.83. The van der Waals surface area contributed by atoms with Gasteiger partial charge in [-0.3, -0.25) is 0 Å². The third-order valence-corrected chi connectivity index (χ3v) is 10.9. The van der Waals surface area contributed by atoms with E-state index in [9.17, 15) is 0 Å². The quantitative estimate of drug-likeness (QED) is 0.324. The van der Waals surface area contributed by atoms with E-state index in [0.29, 0.717) is 13.2 Å². The second-order valence-corrected chi connectivity index (χ2v) is 12.3. The molecule has 3 aromatic carbocycles. The Hall–Kier alpha value is -3.51. The summed E-state index contributed by atoms with van der Waals surface area (Å²) in [6.07, 6.45) is 0. The van der Waals surface area contributed by atoms with E-state index >= 15 is 0 Å². The fraction of sp³-hybridized carbons (Fsp3) is 0.241. The number of fused-ring (bicyclic) bond motifs is 1. The molecule has 0 unspecified atom stereocenters. The fourth-order valence-corrected chi connectivity index (χ4v) is 9.06. The van der Waals surface area contributed by atoms with Gasteiger partial charge < -0.3 is 9.41 Å². The third kappa shape index (κ3) is 4.04. The summed E-state index contributed by atoms with van der Waals surface area (Å²) in [5, 5.41) is 6.19. The second-order valence-electron chi connectivity index (χ2n) is 9.35. The number of para-hydroxylation sites is 1. The van der Waals surface area contributed by atoms with Crippen molar-refractivity contribution in [2.24, 2.45) is 9.74 Å². The fourth-order valence-electron chi connectivity index (χ4n) is 5.17. The molecule has 0 amide bonds. The lowest BCUT2D eigenvalue weighted by Gasteiger charge is -2.46. The first-order valence-electron chi connectivity index (χ1n) is 12.6. The lowest BCUT2D eigenvalue weighted by atomic mass is 10.2. The molecular formula is C29H31N6OP. The number of hydrogen-bond acceptors (Lipinski definition) is 4. The summed E-state index contributed by atoms with van der Waals surface area (Å²) >= 11 is 0. The lowest BCUT2D eigenvalue weighted by Crippen LogP contribution is -2.45. The van der Waals surface area contributed by atoms with Crippen molar-refractivity contribution in [3.8, 4) is 5.69 Å². The largest absolute Gasteiger partial charge is 0.379 e. The van der Waals surface area contributed by atoms with Crippen LogP contribution in [0.15, 0.2) is 94.7 Å². The first-order chi connectivity index (χ1) is 18.1. The highest BCUT2D eigenvalue weighted by Crippen LogP contribution is 2.62. The van der Waals surface area contributed by atoms with Crippen molar-refractivity contribution in [1.82, 2.24) is 19.1 Å². The Bertz CT molecular complexity index is 1510. The minimum absolute atomic E-state index is 0.678. The maximum atomic E-state index is 5.81. The molecule has 0 aliphatic carbocycles. The van der Waals surface area contributed by atoms with Gasteiger partial charge in [0.1, 0.15) is 5.84 Å². The smallest absolute Gasteiger partial charge is 0.170 e. The van der Waals surface area contributed by atoms with E-state index in [-0.39, 0.29) is 0 Å². The van der Waals surface area contributed by atoms with Crippen molar-refractivity contribution < 1.29 is 4.74 Å². The molecule has 2 aliphatic heterocycles. The van der Waals surface area contributed by atoms with Crippen LogP contribution in [0.2, 0.25) is 0 Å². The zero-order valence-electron chi connectivity index (χ0n) is 21.5. The molecule has 3 heterocycles. The molecule has 2 aliphatic rings. The molecule has 1 fully saturated rings. The van der Waals surface area contributed by atoms with Crippen LogP contribution in [0.4, 0.5) is 11.5 Å². The van der Waals surface area contributed by atoms with Crippen LogP contribution < -0.4 is 5.30 Å². The number of aromatic nitrogens is 2. The molecule has 1 aromatic heterocycles. The number of aryl methyl sites for hydroxylation is 2. The van der Waals surface area contributed by atoms with Gasteiger partial charge in [0.2, 0.25) is 0 Å². The van der Waals surface area contributed by atoms with E-state index in [1.54, 1.807) is 0 Å². The Labute approximate surface area is 218 Å². The first kappa shape index (κ1) is 23.9. The molecule has 0 bridgehead atoms. The Morgan fingerprint density at radius 2 is 1.49 bits per heavy atom. The topological polar surface area (TPSA) is 58.2 Å². The van der Waals surface area contributed by atoms with E-state index < -0.39 is 7.36 Å². The summed E-state index contributed by atoms with van der Waals surface area (Å²) in [7, 11) is -0.405. The number of morpholine rings is 1. The van der Waals surface area contributed by atoms with Gasteiger partial charge in [-0.25, -0.2) is 19.1 Å². The minimum atomic E-state index is -2.56. The number of benzene rings is 3. The summed E-state index contributed by atoms with van der Waals surface area (Å²) in [6.45, 7) is 7.18. The average molecular weight is 511 g/mol.